The van der Waals surface area contributed by atoms with E-state index in [2.05, 4.69) is 10.2 Å². The van der Waals surface area contributed by atoms with Gasteiger partial charge >= 0.3 is 0 Å². The maximum atomic E-state index is 12.9. The molecule has 104 valence electrons. The van der Waals surface area contributed by atoms with Crippen LogP contribution in [0, 0.1) is 0 Å². The van der Waals surface area contributed by atoms with Crippen LogP contribution in [0.3, 0.4) is 0 Å². The molecule has 0 radical (unpaired) electrons. The van der Waals surface area contributed by atoms with E-state index < -0.39 is 11.6 Å². The average Bonchev–Trinajstić information content (AvgIpc) is 2.52. The van der Waals surface area contributed by atoms with Crippen molar-refractivity contribution in [3.8, 4) is 5.75 Å². The standard InChI is InChI=1S/C17H13NO2S/c1-17(18-11-21)15(19)13-9-5-6-10-14(13)20-16(17)12-7-3-2-4-8-12/h2-10,16H,1H3/t16-,17-/m1/s1. The molecule has 4 heteroatoms. The first-order valence-corrected chi connectivity index (χ1v) is 7.02. The normalized spacial score (nSPS) is 23.7. The highest BCUT2D eigenvalue weighted by molar-refractivity contribution is 7.78. The second-order valence-corrected chi connectivity index (χ2v) is 5.27. The number of rotatable bonds is 2. The van der Waals surface area contributed by atoms with Gasteiger partial charge in [0.05, 0.1) is 10.7 Å². The smallest absolute Gasteiger partial charge is 0.198 e. The molecule has 0 aromatic heterocycles. The van der Waals surface area contributed by atoms with Crippen molar-refractivity contribution >= 4 is 23.2 Å². The number of aliphatic imine (C=N–C) groups is 1. The van der Waals surface area contributed by atoms with Crippen LogP contribution in [0.1, 0.15) is 28.9 Å². The third-order valence-electron chi connectivity index (χ3n) is 3.73. The van der Waals surface area contributed by atoms with Gasteiger partial charge in [0.15, 0.2) is 17.4 Å². The van der Waals surface area contributed by atoms with Crippen LogP contribution < -0.4 is 4.74 Å². The molecule has 21 heavy (non-hydrogen) atoms. The molecule has 3 nitrogen and oxygen atoms in total. The van der Waals surface area contributed by atoms with Crippen molar-refractivity contribution in [1.82, 2.24) is 0 Å². The summed E-state index contributed by atoms with van der Waals surface area (Å²) in [5.74, 6) is 0.476. The van der Waals surface area contributed by atoms with E-state index >= 15 is 0 Å². The fourth-order valence-corrected chi connectivity index (χ4v) is 2.80. The largest absolute Gasteiger partial charge is 0.482 e. The fraction of sp³-hybridized carbons (Fsp3) is 0.176. The second kappa shape index (κ2) is 5.24. The molecular formula is C17H13NO2S. The van der Waals surface area contributed by atoms with Crippen molar-refractivity contribution in [2.75, 3.05) is 0 Å². The summed E-state index contributed by atoms with van der Waals surface area (Å²) in [7, 11) is 0. The van der Waals surface area contributed by atoms with Crippen LogP contribution in [0.25, 0.3) is 0 Å². The summed E-state index contributed by atoms with van der Waals surface area (Å²) in [6.45, 7) is 1.74. The van der Waals surface area contributed by atoms with Crippen LogP contribution in [0.5, 0.6) is 5.75 Å². The number of ether oxygens (including phenoxy) is 1. The number of para-hydroxylation sites is 1. The van der Waals surface area contributed by atoms with E-state index in [1.54, 1.807) is 19.1 Å². The van der Waals surface area contributed by atoms with E-state index in [1.165, 1.54) is 0 Å². The van der Waals surface area contributed by atoms with Gasteiger partial charge in [-0.2, -0.15) is 0 Å². The van der Waals surface area contributed by atoms with Gasteiger partial charge in [0.1, 0.15) is 5.75 Å². The van der Waals surface area contributed by atoms with Crippen molar-refractivity contribution in [3.63, 3.8) is 0 Å². The number of hydrogen-bond donors (Lipinski definition) is 0. The Morgan fingerprint density at radius 2 is 1.81 bits per heavy atom. The number of fused-ring (bicyclic) bond motifs is 1. The quantitative estimate of drug-likeness (QED) is 0.623. The van der Waals surface area contributed by atoms with Gasteiger partial charge in [-0.05, 0) is 36.8 Å². The molecule has 2 aromatic rings. The number of Topliss-reactive ketones (excluding diaryl/α,β-unsaturated/α-hetero) is 1. The highest BCUT2D eigenvalue weighted by Gasteiger charge is 2.48. The minimum absolute atomic E-state index is 0.101. The average molecular weight is 295 g/mol. The summed E-state index contributed by atoms with van der Waals surface area (Å²) in [5.41, 5.74) is 0.315. The third-order valence-corrected chi connectivity index (χ3v) is 3.82. The number of carbonyl (C=O) groups excluding carboxylic acids is 1. The lowest BCUT2D eigenvalue weighted by molar-refractivity contribution is 0.0609. The SMILES string of the molecule is C[C@@]1(N=C=S)C(=O)c2ccccc2O[C@@H]1c1ccccc1. The molecule has 2 atom stereocenters. The molecule has 0 saturated carbocycles. The minimum Gasteiger partial charge on any atom is -0.482 e. The maximum absolute atomic E-state index is 12.9. The number of isothiocyanates is 1. The highest BCUT2D eigenvalue weighted by atomic mass is 32.1. The number of ketones is 1. The summed E-state index contributed by atoms with van der Waals surface area (Å²) in [5, 5.41) is 2.35. The van der Waals surface area contributed by atoms with Gasteiger partial charge in [0, 0.05) is 0 Å². The Kier molecular flexibility index (Phi) is 3.42. The van der Waals surface area contributed by atoms with Crippen molar-refractivity contribution in [2.45, 2.75) is 18.6 Å². The van der Waals surface area contributed by atoms with Gasteiger partial charge in [0.2, 0.25) is 0 Å². The van der Waals surface area contributed by atoms with E-state index in [0.29, 0.717) is 11.3 Å². The summed E-state index contributed by atoms with van der Waals surface area (Å²) in [6, 6.07) is 16.8. The van der Waals surface area contributed by atoms with Gasteiger partial charge in [-0.1, -0.05) is 42.5 Å². The van der Waals surface area contributed by atoms with Crippen LogP contribution in [0.2, 0.25) is 0 Å². The van der Waals surface area contributed by atoms with Crippen LogP contribution >= 0.6 is 12.2 Å². The minimum atomic E-state index is -1.10. The van der Waals surface area contributed by atoms with Crippen molar-refractivity contribution in [1.29, 1.82) is 0 Å². The lowest BCUT2D eigenvalue weighted by Crippen LogP contribution is -2.45. The molecule has 0 amide bonds. The number of benzene rings is 2. The predicted octanol–water partition coefficient (Wildman–Crippen LogP) is 3.86. The van der Waals surface area contributed by atoms with E-state index in [9.17, 15) is 4.79 Å². The Labute approximate surface area is 128 Å². The Hall–Kier alpha value is -2.29. The molecule has 2 aromatic carbocycles. The van der Waals surface area contributed by atoms with Gasteiger partial charge in [-0.25, -0.2) is 4.99 Å². The van der Waals surface area contributed by atoms with Crippen LogP contribution in [-0.2, 0) is 0 Å². The summed E-state index contributed by atoms with van der Waals surface area (Å²) in [6.07, 6.45) is -0.517. The monoisotopic (exact) mass is 295 g/mol. The van der Waals surface area contributed by atoms with Gasteiger partial charge in [-0.15, -0.1) is 0 Å². The predicted molar refractivity (Wildman–Crippen MR) is 84.0 cm³/mol. The Balaban J connectivity index is 2.19. The van der Waals surface area contributed by atoms with Crippen LogP contribution in [0.15, 0.2) is 59.6 Å². The molecular weight excluding hydrogens is 282 g/mol. The van der Waals surface area contributed by atoms with E-state index in [4.69, 9.17) is 17.0 Å². The highest BCUT2D eigenvalue weighted by Crippen LogP contribution is 2.42. The van der Waals surface area contributed by atoms with Gasteiger partial charge in [0.25, 0.3) is 0 Å². The zero-order valence-corrected chi connectivity index (χ0v) is 12.3. The molecule has 1 aliphatic heterocycles. The lowest BCUT2D eigenvalue weighted by atomic mass is 9.80. The van der Waals surface area contributed by atoms with E-state index in [1.807, 2.05) is 42.5 Å². The molecule has 0 saturated heterocycles. The molecule has 3 rings (SSSR count). The number of carbonyl (C=O) groups is 1. The van der Waals surface area contributed by atoms with Crippen molar-refractivity contribution in [3.05, 3.63) is 65.7 Å². The van der Waals surface area contributed by atoms with Gasteiger partial charge in [-0.3, -0.25) is 4.79 Å². The Bertz CT molecular complexity index is 737. The summed E-state index contributed by atoms with van der Waals surface area (Å²) in [4.78, 5) is 17.0. The topological polar surface area (TPSA) is 38.7 Å². The molecule has 0 spiro atoms. The fourth-order valence-electron chi connectivity index (χ4n) is 2.62. The van der Waals surface area contributed by atoms with Crippen molar-refractivity contribution < 1.29 is 9.53 Å². The maximum Gasteiger partial charge on any atom is 0.198 e. The summed E-state index contributed by atoms with van der Waals surface area (Å²) < 4.78 is 6.06. The van der Waals surface area contributed by atoms with Crippen LogP contribution in [-0.4, -0.2) is 16.5 Å². The number of thiocarbonyl (C=S) groups is 1. The molecule has 1 aliphatic rings. The zero-order valence-electron chi connectivity index (χ0n) is 11.4. The molecule has 0 N–H and O–H groups in total. The Morgan fingerprint density at radius 3 is 2.52 bits per heavy atom. The lowest BCUT2D eigenvalue weighted by Gasteiger charge is -2.37. The first-order valence-electron chi connectivity index (χ1n) is 6.61. The Morgan fingerprint density at radius 1 is 1.14 bits per heavy atom. The third kappa shape index (κ3) is 2.19. The molecule has 0 aliphatic carbocycles. The first kappa shape index (κ1) is 13.7. The summed E-state index contributed by atoms with van der Waals surface area (Å²) >= 11 is 4.73. The van der Waals surface area contributed by atoms with Crippen LogP contribution in [0.4, 0.5) is 0 Å². The second-order valence-electron chi connectivity index (χ2n) is 5.08. The first-order chi connectivity index (χ1) is 10.2. The molecule has 0 unspecified atom stereocenters. The van der Waals surface area contributed by atoms with E-state index in [-0.39, 0.29) is 5.78 Å². The molecule has 0 bridgehead atoms. The number of hydrogen-bond acceptors (Lipinski definition) is 4. The van der Waals surface area contributed by atoms with Gasteiger partial charge < -0.3 is 4.74 Å². The van der Waals surface area contributed by atoms with E-state index in [0.717, 1.165) is 5.56 Å². The molecule has 0 fully saturated rings. The van der Waals surface area contributed by atoms with Crippen molar-refractivity contribution in [2.24, 2.45) is 4.99 Å². The number of nitrogens with zero attached hydrogens (tertiary/aromatic N) is 1. The molecule has 1 heterocycles. The zero-order chi connectivity index (χ0) is 14.9.